The van der Waals surface area contributed by atoms with E-state index in [1.54, 1.807) is 31.2 Å². The van der Waals surface area contributed by atoms with Gasteiger partial charge in [0.1, 0.15) is 24.1 Å². The van der Waals surface area contributed by atoms with Crippen LogP contribution in [0.1, 0.15) is 43.7 Å². The van der Waals surface area contributed by atoms with Crippen LogP contribution in [0.3, 0.4) is 0 Å². The summed E-state index contributed by atoms with van der Waals surface area (Å²) in [7, 11) is -3.82. The molecular weight excluding hydrogens is 526 g/mol. The zero-order valence-electron chi connectivity index (χ0n) is 23.2. The van der Waals surface area contributed by atoms with Gasteiger partial charge in [-0.3, -0.25) is 13.9 Å². The third-order valence-corrected chi connectivity index (χ3v) is 8.39. The number of ether oxygens (including phenoxy) is 1. The van der Waals surface area contributed by atoms with Gasteiger partial charge < -0.3 is 15.0 Å². The Labute approximate surface area is 237 Å². The highest BCUT2D eigenvalue weighted by molar-refractivity contribution is 7.92. The summed E-state index contributed by atoms with van der Waals surface area (Å²) in [6.45, 7) is 3.39. The van der Waals surface area contributed by atoms with Crippen molar-refractivity contribution in [2.75, 3.05) is 17.1 Å². The molecule has 0 spiro atoms. The molecule has 9 heteroatoms. The number of nitrogens with zero attached hydrogens (tertiary/aromatic N) is 2. The van der Waals surface area contributed by atoms with E-state index in [2.05, 4.69) is 5.32 Å². The van der Waals surface area contributed by atoms with E-state index in [4.69, 9.17) is 4.74 Å². The second-order valence-electron chi connectivity index (χ2n) is 10.3. The summed E-state index contributed by atoms with van der Waals surface area (Å²) in [4.78, 5) is 28.5. The molecule has 4 rings (SSSR count). The number of anilines is 1. The first-order valence-corrected chi connectivity index (χ1v) is 15.4. The molecule has 1 saturated carbocycles. The smallest absolute Gasteiger partial charge is 0.244 e. The third-order valence-electron chi connectivity index (χ3n) is 7.25. The fourth-order valence-corrected chi connectivity index (χ4v) is 5.71. The minimum atomic E-state index is -3.82. The van der Waals surface area contributed by atoms with Gasteiger partial charge >= 0.3 is 0 Å². The average Bonchev–Trinajstić information content (AvgIpc) is 3.44. The fraction of sp³-hybridized carbons (Fsp3) is 0.355. The van der Waals surface area contributed by atoms with Gasteiger partial charge in [-0.25, -0.2) is 8.42 Å². The molecule has 0 bridgehead atoms. The molecule has 1 N–H and O–H groups in total. The first kappa shape index (κ1) is 29.1. The normalized spacial score (nSPS) is 14.4. The van der Waals surface area contributed by atoms with Crippen LogP contribution in [0.2, 0.25) is 0 Å². The number of carbonyl (C=O) groups is 2. The Morgan fingerprint density at radius 1 is 0.925 bits per heavy atom. The van der Waals surface area contributed by atoms with Crippen LogP contribution in [0.25, 0.3) is 0 Å². The Kier molecular flexibility index (Phi) is 9.47. The predicted octanol–water partition coefficient (Wildman–Crippen LogP) is 5.03. The maximum Gasteiger partial charge on any atom is 0.244 e. The fourth-order valence-electron chi connectivity index (χ4n) is 4.86. The zero-order valence-corrected chi connectivity index (χ0v) is 24.1. The van der Waals surface area contributed by atoms with Crippen molar-refractivity contribution in [1.82, 2.24) is 10.2 Å². The Hall–Kier alpha value is -3.85. The lowest BCUT2D eigenvalue weighted by atomic mass is 10.1. The molecule has 0 saturated heterocycles. The Morgan fingerprint density at radius 2 is 1.52 bits per heavy atom. The molecule has 1 atom stereocenters. The molecule has 0 aromatic heterocycles. The number of aryl methyl sites for hydroxylation is 1. The maximum atomic E-state index is 13.8. The summed E-state index contributed by atoms with van der Waals surface area (Å²) in [6, 6.07) is 22.8. The zero-order chi connectivity index (χ0) is 28.7. The van der Waals surface area contributed by atoms with Crippen molar-refractivity contribution in [3.05, 3.63) is 90.0 Å². The summed E-state index contributed by atoms with van der Waals surface area (Å²) in [5, 5.41) is 3.08. The lowest BCUT2D eigenvalue weighted by Crippen LogP contribution is -2.52. The van der Waals surface area contributed by atoms with E-state index in [0.717, 1.165) is 47.4 Å². The number of hydrogen-bond donors (Lipinski definition) is 1. The molecule has 1 fully saturated rings. The molecule has 3 aromatic carbocycles. The summed E-state index contributed by atoms with van der Waals surface area (Å²) in [5.74, 6) is 0.491. The standard InChI is InChI=1S/C31H37N3O5S/c1-23-11-7-8-12-25(23)21-33(24(2)31(36)32-26-13-9-10-14-26)30(35)22-34(40(3,37)38)27-17-19-29(20-18-27)39-28-15-5-4-6-16-28/h4-8,11-12,15-20,24,26H,9-10,13-14,21-22H2,1-3H3,(H,32,36). The second kappa shape index (κ2) is 13.0. The number of para-hydroxylation sites is 1. The minimum Gasteiger partial charge on any atom is -0.457 e. The molecule has 0 aliphatic heterocycles. The van der Waals surface area contributed by atoms with Crippen molar-refractivity contribution in [2.24, 2.45) is 0 Å². The van der Waals surface area contributed by atoms with E-state index in [1.165, 1.54) is 4.90 Å². The summed E-state index contributed by atoms with van der Waals surface area (Å²) < 4.78 is 32.6. The monoisotopic (exact) mass is 563 g/mol. The lowest BCUT2D eigenvalue weighted by Gasteiger charge is -2.32. The van der Waals surface area contributed by atoms with E-state index < -0.39 is 28.5 Å². The number of sulfonamides is 1. The summed E-state index contributed by atoms with van der Waals surface area (Å²) in [6.07, 6.45) is 5.07. The number of hydrogen-bond acceptors (Lipinski definition) is 5. The van der Waals surface area contributed by atoms with Crippen LogP contribution in [0.15, 0.2) is 78.9 Å². The summed E-state index contributed by atoms with van der Waals surface area (Å²) >= 11 is 0. The molecule has 1 aliphatic carbocycles. The minimum absolute atomic E-state index is 0.106. The van der Waals surface area contributed by atoms with Gasteiger partial charge in [-0.15, -0.1) is 0 Å². The topological polar surface area (TPSA) is 96.0 Å². The van der Waals surface area contributed by atoms with Gasteiger partial charge in [-0.2, -0.15) is 0 Å². The third kappa shape index (κ3) is 7.63. The largest absolute Gasteiger partial charge is 0.457 e. The highest BCUT2D eigenvalue weighted by Gasteiger charge is 2.31. The number of rotatable bonds is 11. The van der Waals surface area contributed by atoms with Crippen molar-refractivity contribution in [3.8, 4) is 11.5 Å². The average molecular weight is 564 g/mol. The van der Waals surface area contributed by atoms with Crippen LogP contribution in [-0.2, 0) is 26.2 Å². The van der Waals surface area contributed by atoms with Gasteiger partial charge in [-0.05, 0) is 74.2 Å². The lowest BCUT2D eigenvalue weighted by molar-refractivity contribution is -0.139. The Balaban J connectivity index is 1.56. The molecular formula is C31H37N3O5S. The van der Waals surface area contributed by atoms with Gasteiger partial charge in [-0.1, -0.05) is 55.3 Å². The molecule has 1 unspecified atom stereocenters. The molecule has 3 aromatic rings. The van der Waals surface area contributed by atoms with E-state index in [1.807, 2.05) is 61.5 Å². The van der Waals surface area contributed by atoms with Crippen LogP contribution in [0.4, 0.5) is 5.69 Å². The van der Waals surface area contributed by atoms with Crippen molar-refractivity contribution < 1.29 is 22.7 Å². The number of carbonyl (C=O) groups excluding carboxylic acids is 2. The highest BCUT2D eigenvalue weighted by atomic mass is 32.2. The van der Waals surface area contributed by atoms with Crippen molar-refractivity contribution >= 4 is 27.5 Å². The predicted molar refractivity (Wildman–Crippen MR) is 157 cm³/mol. The Morgan fingerprint density at radius 3 is 2.15 bits per heavy atom. The molecule has 0 heterocycles. The van der Waals surface area contributed by atoms with Crippen LogP contribution in [-0.4, -0.2) is 50.0 Å². The Bertz CT molecular complexity index is 1400. The SMILES string of the molecule is Cc1ccccc1CN(C(=O)CN(c1ccc(Oc2ccccc2)cc1)S(C)(=O)=O)C(C)C(=O)NC1CCCC1. The number of amides is 2. The quantitative estimate of drug-likeness (QED) is 0.353. The van der Waals surface area contributed by atoms with Crippen molar-refractivity contribution in [3.63, 3.8) is 0 Å². The first-order valence-electron chi connectivity index (χ1n) is 13.6. The number of nitrogens with one attached hydrogen (secondary N) is 1. The molecule has 8 nitrogen and oxygen atoms in total. The van der Waals surface area contributed by atoms with Crippen LogP contribution < -0.4 is 14.4 Å². The van der Waals surface area contributed by atoms with Gasteiger partial charge in [0.05, 0.1) is 11.9 Å². The van der Waals surface area contributed by atoms with E-state index in [0.29, 0.717) is 17.2 Å². The van der Waals surface area contributed by atoms with Gasteiger partial charge in [0.15, 0.2) is 0 Å². The van der Waals surface area contributed by atoms with Gasteiger partial charge in [0, 0.05) is 12.6 Å². The maximum absolute atomic E-state index is 13.8. The van der Waals surface area contributed by atoms with E-state index in [-0.39, 0.29) is 18.5 Å². The molecule has 2 amide bonds. The summed E-state index contributed by atoms with van der Waals surface area (Å²) in [5.41, 5.74) is 2.21. The molecule has 40 heavy (non-hydrogen) atoms. The van der Waals surface area contributed by atoms with Crippen molar-refractivity contribution in [1.29, 1.82) is 0 Å². The van der Waals surface area contributed by atoms with Crippen LogP contribution in [0.5, 0.6) is 11.5 Å². The van der Waals surface area contributed by atoms with E-state index >= 15 is 0 Å². The molecule has 1 aliphatic rings. The second-order valence-corrected chi connectivity index (χ2v) is 12.2. The van der Waals surface area contributed by atoms with Crippen LogP contribution >= 0.6 is 0 Å². The molecule has 212 valence electrons. The molecule has 0 radical (unpaired) electrons. The first-order chi connectivity index (χ1) is 19.1. The number of benzene rings is 3. The van der Waals surface area contributed by atoms with Crippen molar-refractivity contribution in [2.45, 2.75) is 58.2 Å². The van der Waals surface area contributed by atoms with Crippen LogP contribution in [0, 0.1) is 6.92 Å². The van der Waals surface area contributed by atoms with Gasteiger partial charge in [0.25, 0.3) is 0 Å². The highest BCUT2D eigenvalue weighted by Crippen LogP contribution is 2.26. The van der Waals surface area contributed by atoms with Gasteiger partial charge in [0.2, 0.25) is 21.8 Å². The van der Waals surface area contributed by atoms with E-state index in [9.17, 15) is 18.0 Å².